The SMILES string of the molecule is COC(=O)C(Cc1ccc(OCc2ccccc2)cc1)NC(=O)/C=C/c1ccc(-c2ccc(Cl)cc2)cc1. The summed E-state index contributed by atoms with van der Waals surface area (Å²) in [5.41, 5.74) is 4.91. The lowest BCUT2D eigenvalue weighted by atomic mass is 10.0. The first-order valence-electron chi connectivity index (χ1n) is 12.2. The van der Waals surface area contributed by atoms with Crippen molar-refractivity contribution in [3.05, 3.63) is 131 Å². The normalized spacial score (nSPS) is 11.6. The van der Waals surface area contributed by atoms with Crippen molar-refractivity contribution in [1.29, 1.82) is 0 Å². The molecule has 0 aromatic heterocycles. The molecule has 0 saturated carbocycles. The van der Waals surface area contributed by atoms with Gasteiger partial charge in [-0.25, -0.2) is 4.79 Å². The van der Waals surface area contributed by atoms with E-state index in [2.05, 4.69) is 5.32 Å². The Balaban J connectivity index is 1.33. The van der Waals surface area contributed by atoms with E-state index in [0.717, 1.165) is 33.6 Å². The van der Waals surface area contributed by atoms with Crippen LogP contribution in [0.2, 0.25) is 5.02 Å². The van der Waals surface area contributed by atoms with Gasteiger partial charge in [-0.1, -0.05) is 90.5 Å². The molecule has 0 fully saturated rings. The number of ether oxygens (including phenoxy) is 2. The predicted molar refractivity (Wildman–Crippen MR) is 151 cm³/mol. The van der Waals surface area contributed by atoms with Gasteiger partial charge in [0.25, 0.3) is 0 Å². The number of amides is 1. The summed E-state index contributed by atoms with van der Waals surface area (Å²) in [6, 6.07) is 32.0. The quantitative estimate of drug-likeness (QED) is 0.189. The molecule has 0 aliphatic rings. The number of hydrogen-bond donors (Lipinski definition) is 1. The summed E-state index contributed by atoms with van der Waals surface area (Å²) in [4.78, 5) is 24.9. The van der Waals surface area contributed by atoms with Crippen molar-refractivity contribution in [2.45, 2.75) is 19.1 Å². The molecule has 0 heterocycles. The molecule has 38 heavy (non-hydrogen) atoms. The Morgan fingerprint density at radius 1 is 0.816 bits per heavy atom. The molecule has 0 aliphatic carbocycles. The first-order valence-corrected chi connectivity index (χ1v) is 12.6. The largest absolute Gasteiger partial charge is 0.489 e. The topological polar surface area (TPSA) is 64.6 Å². The van der Waals surface area contributed by atoms with Crippen LogP contribution in [-0.2, 0) is 27.4 Å². The van der Waals surface area contributed by atoms with Gasteiger partial charge >= 0.3 is 5.97 Å². The molecule has 1 N–H and O–H groups in total. The van der Waals surface area contributed by atoms with Crippen LogP contribution in [0.5, 0.6) is 5.75 Å². The maximum atomic E-state index is 12.6. The second-order valence-corrected chi connectivity index (χ2v) is 9.11. The Labute approximate surface area is 227 Å². The molecule has 0 aliphatic heterocycles. The predicted octanol–water partition coefficient (Wildman–Crippen LogP) is 6.50. The lowest BCUT2D eigenvalue weighted by Gasteiger charge is -2.16. The lowest BCUT2D eigenvalue weighted by Crippen LogP contribution is -2.42. The van der Waals surface area contributed by atoms with Crippen molar-refractivity contribution < 1.29 is 19.1 Å². The van der Waals surface area contributed by atoms with Gasteiger partial charge in [0.05, 0.1) is 7.11 Å². The minimum Gasteiger partial charge on any atom is -0.489 e. The zero-order valence-electron chi connectivity index (χ0n) is 21.0. The van der Waals surface area contributed by atoms with E-state index >= 15 is 0 Å². The third kappa shape index (κ3) is 7.82. The van der Waals surface area contributed by atoms with Crippen molar-refractivity contribution in [3.8, 4) is 16.9 Å². The number of esters is 1. The Hall–Kier alpha value is -4.35. The number of methoxy groups -OCH3 is 1. The van der Waals surface area contributed by atoms with Crippen LogP contribution < -0.4 is 10.1 Å². The first-order chi connectivity index (χ1) is 18.5. The number of nitrogens with one attached hydrogen (secondary N) is 1. The third-order valence-electron chi connectivity index (χ3n) is 5.93. The van der Waals surface area contributed by atoms with Crippen molar-refractivity contribution in [1.82, 2.24) is 5.32 Å². The van der Waals surface area contributed by atoms with E-state index in [1.54, 1.807) is 6.08 Å². The molecule has 192 valence electrons. The van der Waals surface area contributed by atoms with Gasteiger partial charge in [-0.15, -0.1) is 0 Å². The highest BCUT2D eigenvalue weighted by atomic mass is 35.5. The maximum absolute atomic E-state index is 12.6. The number of hydrogen-bond acceptors (Lipinski definition) is 4. The Morgan fingerprint density at radius 3 is 2.08 bits per heavy atom. The summed E-state index contributed by atoms with van der Waals surface area (Å²) in [7, 11) is 1.31. The minimum atomic E-state index is -0.819. The molecule has 1 amide bonds. The van der Waals surface area contributed by atoms with Crippen molar-refractivity contribution in [2.75, 3.05) is 7.11 Å². The van der Waals surface area contributed by atoms with Crippen molar-refractivity contribution in [2.24, 2.45) is 0 Å². The Bertz CT molecular complexity index is 1370. The van der Waals surface area contributed by atoms with Crippen LogP contribution >= 0.6 is 11.6 Å². The van der Waals surface area contributed by atoms with Gasteiger partial charge in [0.15, 0.2) is 0 Å². The van der Waals surface area contributed by atoms with Crippen LogP contribution in [-0.4, -0.2) is 25.0 Å². The molecule has 6 heteroatoms. The molecule has 0 bridgehead atoms. The molecule has 1 unspecified atom stereocenters. The van der Waals surface area contributed by atoms with E-state index in [0.29, 0.717) is 18.1 Å². The zero-order valence-corrected chi connectivity index (χ0v) is 21.7. The summed E-state index contributed by atoms with van der Waals surface area (Å²) in [6.07, 6.45) is 3.41. The number of carbonyl (C=O) groups is 2. The summed E-state index contributed by atoms with van der Waals surface area (Å²) in [6.45, 7) is 0.469. The molecular weight excluding hydrogens is 498 g/mol. The van der Waals surface area contributed by atoms with Gasteiger partial charge in [0, 0.05) is 17.5 Å². The number of halogens is 1. The van der Waals surface area contributed by atoms with E-state index in [-0.39, 0.29) is 5.91 Å². The third-order valence-corrected chi connectivity index (χ3v) is 6.18. The van der Waals surface area contributed by atoms with E-state index < -0.39 is 12.0 Å². The highest BCUT2D eigenvalue weighted by Crippen LogP contribution is 2.22. The Kier molecular flexibility index (Phi) is 9.32. The van der Waals surface area contributed by atoms with Crippen LogP contribution in [0, 0.1) is 0 Å². The maximum Gasteiger partial charge on any atom is 0.328 e. The highest BCUT2D eigenvalue weighted by Gasteiger charge is 2.21. The summed E-state index contributed by atoms with van der Waals surface area (Å²) < 4.78 is 10.7. The van der Waals surface area contributed by atoms with E-state index in [4.69, 9.17) is 21.1 Å². The first kappa shape index (κ1) is 26.7. The number of carbonyl (C=O) groups excluding carboxylic acids is 2. The van der Waals surface area contributed by atoms with E-state index in [1.165, 1.54) is 13.2 Å². The second kappa shape index (κ2) is 13.3. The van der Waals surface area contributed by atoms with Gasteiger partial charge in [0.1, 0.15) is 18.4 Å². The molecule has 0 spiro atoms. The molecule has 0 saturated heterocycles. The Morgan fingerprint density at radius 2 is 1.45 bits per heavy atom. The fraction of sp³-hybridized carbons (Fsp3) is 0.125. The van der Waals surface area contributed by atoms with Crippen LogP contribution in [0.3, 0.4) is 0 Å². The summed E-state index contributed by atoms with van der Waals surface area (Å²) in [5, 5.41) is 3.44. The van der Waals surface area contributed by atoms with Crippen LogP contribution in [0.1, 0.15) is 16.7 Å². The summed E-state index contributed by atoms with van der Waals surface area (Å²) >= 11 is 5.96. The fourth-order valence-corrected chi connectivity index (χ4v) is 3.98. The minimum absolute atomic E-state index is 0.293. The molecule has 5 nitrogen and oxygen atoms in total. The number of benzene rings is 4. The highest BCUT2D eigenvalue weighted by molar-refractivity contribution is 6.30. The van der Waals surface area contributed by atoms with Gasteiger partial charge in [-0.3, -0.25) is 4.79 Å². The van der Waals surface area contributed by atoms with Crippen LogP contribution in [0.4, 0.5) is 0 Å². The fourth-order valence-electron chi connectivity index (χ4n) is 3.85. The van der Waals surface area contributed by atoms with Crippen molar-refractivity contribution in [3.63, 3.8) is 0 Å². The molecule has 0 radical (unpaired) electrons. The second-order valence-electron chi connectivity index (χ2n) is 8.67. The molecule has 4 aromatic carbocycles. The smallest absolute Gasteiger partial charge is 0.328 e. The zero-order chi connectivity index (χ0) is 26.7. The van der Waals surface area contributed by atoms with Gasteiger partial charge in [-0.2, -0.15) is 0 Å². The van der Waals surface area contributed by atoms with Gasteiger partial charge in [0.2, 0.25) is 5.91 Å². The molecular formula is C32H28ClNO4. The average molecular weight is 526 g/mol. The average Bonchev–Trinajstić information content (AvgIpc) is 2.96. The lowest BCUT2D eigenvalue weighted by molar-refractivity contribution is -0.144. The van der Waals surface area contributed by atoms with Crippen molar-refractivity contribution >= 4 is 29.6 Å². The van der Waals surface area contributed by atoms with Crippen LogP contribution in [0.15, 0.2) is 109 Å². The van der Waals surface area contributed by atoms with E-state index in [9.17, 15) is 9.59 Å². The summed E-state index contributed by atoms with van der Waals surface area (Å²) in [5.74, 6) is -0.172. The molecule has 4 aromatic rings. The van der Waals surface area contributed by atoms with Gasteiger partial charge < -0.3 is 14.8 Å². The molecule has 1 atom stereocenters. The monoisotopic (exact) mass is 525 g/mol. The standard InChI is InChI=1S/C32H28ClNO4/c1-37-32(36)30(21-24-9-18-29(19-10-24)38-22-25-5-3-2-4-6-25)34-31(35)20-11-23-7-12-26(13-8-23)27-14-16-28(33)17-15-27/h2-20,30H,21-22H2,1H3,(H,34,35)/b20-11+. The number of rotatable bonds is 10. The van der Waals surface area contributed by atoms with Gasteiger partial charge in [-0.05, 0) is 58.2 Å². The molecule has 4 rings (SSSR count). The van der Waals surface area contributed by atoms with E-state index in [1.807, 2.05) is 103 Å². The van der Waals surface area contributed by atoms with Crippen LogP contribution in [0.25, 0.3) is 17.2 Å².